The molecule has 0 saturated carbocycles. The predicted molar refractivity (Wildman–Crippen MR) is 106 cm³/mol. The molecule has 3 aromatic rings. The highest BCUT2D eigenvalue weighted by Crippen LogP contribution is 2.28. The number of aryl methyl sites for hydroxylation is 1. The average molecular weight is 415 g/mol. The fraction of sp³-hybridized carbons (Fsp3) is 0.333. The molecule has 0 atom stereocenters. The van der Waals surface area contributed by atoms with E-state index in [-0.39, 0.29) is 10.7 Å². The van der Waals surface area contributed by atoms with Gasteiger partial charge in [-0.05, 0) is 37.5 Å². The highest BCUT2D eigenvalue weighted by atomic mass is 32.2. The van der Waals surface area contributed by atoms with Crippen LogP contribution in [0.1, 0.15) is 18.4 Å². The molecule has 11 heteroatoms. The van der Waals surface area contributed by atoms with Crippen molar-refractivity contribution in [3.8, 4) is 17.1 Å². The largest absolute Gasteiger partial charge is 0.393 e. The molecule has 1 aromatic carbocycles. The summed E-state index contributed by atoms with van der Waals surface area (Å²) in [5, 5.41) is 13.7. The van der Waals surface area contributed by atoms with Crippen molar-refractivity contribution in [1.29, 1.82) is 0 Å². The lowest BCUT2D eigenvalue weighted by Crippen LogP contribution is -2.40. The standard InChI is InChI=1S/C18H21N7O3S/c1-12-2-3-14(29(27,28)24-6-4-13(26)5-7-24)8-15(12)16-9-21-17(19)18(23-16)25-11-20-10-22-25/h2-3,8-11,13,26H,4-7H2,1H3,(H2,19,21). The second-order valence-electron chi connectivity index (χ2n) is 6.92. The molecule has 4 rings (SSSR count). The van der Waals surface area contributed by atoms with Gasteiger partial charge in [0.2, 0.25) is 10.0 Å². The molecular formula is C18H21N7O3S. The van der Waals surface area contributed by atoms with Crippen molar-refractivity contribution < 1.29 is 13.5 Å². The molecule has 0 bridgehead atoms. The number of nitrogen functional groups attached to an aromatic ring is 1. The van der Waals surface area contributed by atoms with Gasteiger partial charge in [-0.3, -0.25) is 0 Å². The molecule has 1 aliphatic rings. The van der Waals surface area contributed by atoms with Crippen LogP contribution in [-0.4, -0.2) is 61.8 Å². The second-order valence-corrected chi connectivity index (χ2v) is 8.85. The zero-order valence-electron chi connectivity index (χ0n) is 15.8. The number of anilines is 1. The summed E-state index contributed by atoms with van der Waals surface area (Å²) in [7, 11) is -3.67. The maximum absolute atomic E-state index is 13.1. The third kappa shape index (κ3) is 3.71. The first-order valence-corrected chi connectivity index (χ1v) is 10.6. The molecule has 3 heterocycles. The van der Waals surface area contributed by atoms with Crippen LogP contribution in [0.3, 0.4) is 0 Å². The molecule has 1 saturated heterocycles. The van der Waals surface area contributed by atoms with E-state index >= 15 is 0 Å². The first-order chi connectivity index (χ1) is 13.9. The van der Waals surface area contributed by atoms with Crippen LogP contribution in [0.25, 0.3) is 17.1 Å². The predicted octanol–water partition coefficient (Wildman–Crippen LogP) is 0.760. The lowest BCUT2D eigenvalue weighted by molar-refractivity contribution is 0.113. The van der Waals surface area contributed by atoms with E-state index in [9.17, 15) is 13.5 Å². The smallest absolute Gasteiger partial charge is 0.243 e. The van der Waals surface area contributed by atoms with Crippen molar-refractivity contribution >= 4 is 15.8 Å². The maximum atomic E-state index is 13.1. The Morgan fingerprint density at radius 3 is 2.69 bits per heavy atom. The molecule has 0 spiro atoms. The van der Waals surface area contributed by atoms with Gasteiger partial charge in [0.15, 0.2) is 11.6 Å². The van der Waals surface area contributed by atoms with E-state index in [0.717, 1.165) is 5.56 Å². The number of nitrogens with two attached hydrogens (primary N) is 1. The summed E-state index contributed by atoms with van der Waals surface area (Å²) in [5.74, 6) is 0.505. The van der Waals surface area contributed by atoms with E-state index in [2.05, 4.69) is 20.1 Å². The Labute approximate surface area is 168 Å². The molecular weight excluding hydrogens is 394 g/mol. The maximum Gasteiger partial charge on any atom is 0.243 e. The van der Waals surface area contributed by atoms with Crippen LogP contribution in [0.2, 0.25) is 0 Å². The van der Waals surface area contributed by atoms with Crippen LogP contribution in [0.15, 0.2) is 41.9 Å². The fourth-order valence-corrected chi connectivity index (χ4v) is 4.77. The molecule has 2 aromatic heterocycles. The Kier molecular flexibility index (Phi) is 5.03. The molecule has 0 amide bonds. The van der Waals surface area contributed by atoms with Crippen LogP contribution in [0.4, 0.5) is 5.82 Å². The topological polar surface area (TPSA) is 140 Å². The van der Waals surface area contributed by atoms with E-state index < -0.39 is 16.1 Å². The molecule has 0 aliphatic carbocycles. The van der Waals surface area contributed by atoms with Crippen LogP contribution < -0.4 is 5.73 Å². The van der Waals surface area contributed by atoms with Crippen LogP contribution in [0, 0.1) is 6.92 Å². The van der Waals surface area contributed by atoms with Crippen molar-refractivity contribution in [3.63, 3.8) is 0 Å². The van der Waals surface area contributed by atoms with Crippen molar-refractivity contribution in [2.45, 2.75) is 30.8 Å². The summed E-state index contributed by atoms with van der Waals surface area (Å²) >= 11 is 0. The lowest BCUT2D eigenvalue weighted by atomic mass is 10.1. The summed E-state index contributed by atoms with van der Waals surface area (Å²) in [6.07, 6.45) is 4.75. The minimum atomic E-state index is -3.67. The Balaban J connectivity index is 1.74. The summed E-state index contributed by atoms with van der Waals surface area (Å²) in [4.78, 5) is 12.8. The van der Waals surface area contributed by atoms with Gasteiger partial charge in [0.1, 0.15) is 12.7 Å². The first-order valence-electron chi connectivity index (χ1n) is 9.13. The number of rotatable bonds is 4. The van der Waals surface area contributed by atoms with Crippen molar-refractivity contribution in [3.05, 3.63) is 42.6 Å². The van der Waals surface area contributed by atoms with Crippen LogP contribution in [0.5, 0.6) is 0 Å². The van der Waals surface area contributed by atoms with E-state index in [1.54, 1.807) is 18.2 Å². The summed E-state index contributed by atoms with van der Waals surface area (Å²) < 4.78 is 28.9. The Morgan fingerprint density at radius 1 is 1.24 bits per heavy atom. The zero-order chi connectivity index (χ0) is 20.6. The quantitative estimate of drug-likeness (QED) is 0.636. The third-order valence-electron chi connectivity index (χ3n) is 4.96. The number of nitrogens with zero attached hydrogens (tertiary/aromatic N) is 6. The van der Waals surface area contributed by atoms with Gasteiger partial charge >= 0.3 is 0 Å². The highest BCUT2D eigenvalue weighted by Gasteiger charge is 2.29. The first kappa shape index (κ1) is 19.4. The molecule has 29 heavy (non-hydrogen) atoms. The number of hydrogen-bond acceptors (Lipinski definition) is 8. The third-order valence-corrected chi connectivity index (χ3v) is 6.86. The van der Waals surface area contributed by atoms with Crippen LogP contribution >= 0.6 is 0 Å². The number of piperidine rings is 1. The van der Waals surface area contributed by atoms with Gasteiger partial charge in [0.05, 0.1) is 22.9 Å². The summed E-state index contributed by atoms with van der Waals surface area (Å²) in [6.45, 7) is 2.46. The van der Waals surface area contributed by atoms with Gasteiger partial charge in [-0.15, -0.1) is 0 Å². The highest BCUT2D eigenvalue weighted by molar-refractivity contribution is 7.89. The molecule has 1 fully saturated rings. The molecule has 0 unspecified atom stereocenters. The van der Waals surface area contributed by atoms with Crippen molar-refractivity contribution in [1.82, 2.24) is 29.0 Å². The molecule has 3 N–H and O–H groups in total. The van der Waals surface area contributed by atoms with Gasteiger partial charge < -0.3 is 10.8 Å². The average Bonchev–Trinajstić information content (AvgIpc) is 3.24. The number of aromatic nitrogens is 5. The molecule has 10 nitrogen and oxygen atoms in total. The number of sulfonamides is 1. The van der Waals surface area contributed by atoms with Gasteiger partial charge in [-0.1, -0.05) is 6.07 Å². The van der Waals surface area contributed by atoms with E-state index in [1.807, 2.05) is 6.92 Å². The van der Waals surface area contributed by atoms with Crippen molar-refractivity contribution in [2.75, 3.05) is 18.8 Å². The van der Waals surface area contributed by atoms with Gasteiger partial charge in [0, 0.05) is 18.7 Å². The van der Waals surface area contributed by atoms with E-state index in [1.165, 1.54) is 27.8 Å². The molecule has 152 valence electrons. The Hall–Kier alpha value is -2.89. The Morgan fingerprint density at radius 2 is 2.00 bits per heavy atom. The monoisotopic (exact) mass is 415 g/mol. The zero-order valence-corrected chi connectivity index (χ0v) is 16.6. The van der Waals surface area contributed by atoms with Crippen LogP contribution in [-0.2, 0) is 10.0 Å². The van der Waals surface area contributed by atoms with Gasteiger partial charge in [-0.25, -0.2) is 23.4 Å². The number of aliphatic hydroxyl groups is 1. The number of benzene rings is 1. The van der Waals surface area contributed by atoms with E-state index in [4.69, 9.17) is 5.73 Å². The minimum absolute atomic E-state index is 0.176. The normalized spacial score (nSPS) is 16.2. The summed E-state index contributed by atoms with van der Waals surface area (Å²) in [5.41, 5.74) is 7.88. The SMILES string of the molecule is Cc1ccc(S(=O)(=O)N2CCC(O)CC2)cc1-c1cnc(N)c(-n2cncn2)n1. The second kappa shape index (κ2) is 7.50. The molecule has 1 aliphatic heterocycles. The molecule has 0 radical (unpaired) electrons. The van der Waals surface area contributed by atoms with E-state index in [0.29, 0.717) is 43.0 Å². The number of hydrogen-bond donors (Lipinski definition) is 2. The van der Waals surface area contributed by atoms with Gasteiger partial charge in [-0.2, -0.15) is 14.1 Å². The fourth-order valence-electron chi connectivity index (χ4n) is 3.27. The van der Waals surface area contributed by atoms with Crippen molar-refractivity contribution in [2.24, 2.45) is 0 Å². The van der Waals surface area contributed by atoms with Gasteiger partial charge in [0.25, 0.3) is 0 Å². The summed E-state index contributed by atoms with van der Waals surface area (Å²) in [6, 6.07) is 4.93. The minimum Gasteiger partial charge on any atom is -0.393 e. The number of aliphatic hydroxyl groups excluding tert-OH is 1. The lowest BCUT2D eigenvalue weighted by Gasteiger charge is -2.29. The Bertz CT molecular complexity index is 1120.